The highest BCUT2D eigenvalue weighted by Gasteiger charge is 2.52. The van der Waals surface area contributed by atoms with Gasteiger partial charge in [0, 0.05) is 33.4 Å². The molecule has 0 saturated carbocycles. The van der Waals surface area contributed by atoms with Gasteiger partial charge in [-0.15, -0.1) is 0 Å². The molecule has 0 fully saturated rings. The highest BCUT2D eigenvalue weighted by atomic mass is 15.1. The lowest BCUT2D eigenvalue weighted by Crippen LogP contribution is -2.28. The summed E-state index contributed by atoms with van der Waals surface area (Å²) >= 11 is 0. The number of hydrogen-bond donors (Lipinski definition) is 0. The van der Waals surface area contributed by atoms with Crippen molar-refractivity contribution in [2.45, 2.75) is 10.8 Å². The third kappa shape index (κ3) is 5.76. The molecule has 3 aliphatic carbocycles. The molecule has 0 atom stereocenters. The predicted octanol–water partition coefficient (Wildman–Crippen LogP) is 18.6. The average molecular weight is 965 g/mol. The third-order valence-corrected chi connectivity index (χ3v) is 17.1. The molecule has 1 heterocycles. The molecule has 13 aromatic rings. The first-order valence-corrected chi connectivity index (χ1v) is 26.5. The van der Waals surface area contributed by atoms with E-state index in [1.807, 2.05) is 0 Å². The van der Waals surface area contributed by atoms with Gasteiger partial charge in [-0.25, -0.2) is 0 Å². The van der Waals surface area contributed by atoms with E-state index in [1.54, 1.807) is 0 Å². The summed E-state index contributed by atoms with van der Waals surface area (Å²) in [4.78, 5) is 2.51. The highest BCUT2D eigenvalue weighted by Crippen LogP contribution is 2.65. The Morgan fingerprint density at radius 3 is 1.26 bits per heavy atom. The third-order valence-electron chi connectivity index (χ3n) is 17.1. The largest absolute Gasteiger partial charge is 0.310 e. The Labute approximate surface area is 442 Å². The van der Waals surface area contributed by atoms with Crippen molar-refractivity contribution < 1.29 is 0 Å². The molecule has 76 heavy (non-hydrogen) atoms. The quantitative estimate of drug-likeness (QED) is 0.155. The lowest BCUT2D eigenvalue weighted by molar-refractivity contribution is 0.768. The van der Waals surface area contributed by atoms with E-state index in [0.29, 0.717) is 0 Å². The minimum atomic E-state index is -0.504. The zero-order valence-electron chi connectivity index (χ0n) is 41.6. The van der Waals surface area contributed by atoms with Crippen molar-refractivity contribution in [3.63, 3.8) is 0 Å². The van der Waals surface area contributed by atoms with Crippen molar-refractivity contribution in [3.05, 3.63) is 336 Å². The van der Waals surface area contributed by atoms with Crippen LogP contribution in [0.2, 0.25) is 0 Å². The molecule has 2 nitrogen and oxygen atoms in total. The number of anilines is 3. The maximum atomic E-state index is 2.51. The molecule has 1 aromatic heterocycles. The van der Waals surface area contributed by atoms with Crippen LogP contribution in [-0.2, 0) is 10.8 Å². The lowest BCUT2D eigenvalue weighted by Gasteiger charge is -2.35. The van der Waals surface area contributed by atoms with Crippen LogP contribution in [0.5, 0.6) is 0 Å². The average Bonchev–Trinajstić information content (AvgIpc) is 4.40. The normalized spacial score (nSPS) is 13.7. The fourth-order valence-corrected chi connectivity index (χ4v) is 14.1. The van der Waals surface area contributed by atoms with Crippen LogP contribution in [0.1, 0.15) is 44.5 Å². The fourth-order valence-electron chi connectivity index (χ4n) is 14.1. The number of para-hydroxylation sites is 2. The van der Waals surface area contributed by atoms with Crippen LogP contribution < -0.4 is 4.90 Å². The van der Waals surface area contributed by atoms with Gasteiger partial charge in [-0.3, -0.25) is 0 Å². The number of fused-ring (bicyclic) bond motifs is 16. The molecule has 3 aliphatic rings. The van der Waals surface area contributed by atoms with Crippen LogP contribution in [0.3, 0.4) is 0 Å². The van der Waals surface area contributed by atoms with Gasteiger partial charge in [0.25, 0.3) is 0 Å². The van der Waals surface area contributed by atoms with Gasteiger partial charge in [-0.2, -0.15) is 0 Å². The maximum absolute atomic E-state index is 2.51. The molecular formula is C74H48N2. The number of benzene rings is 12. The number of aromatic nitrogens is 1. The van der Waals surface area contributed by atoms with Gasteiger partial charge in [0.15, 0.2) is 0 Å². The Balaban J connectivity index is 0.895. The zero-order chi connectivity index (χ0) is 50.0. The topological polar surface area (TPSA) is 8.17 Å². The second-order valence-electron chi connectivity index (χ2n) is 20.6. The van der Waals surface area contributed by atoms with Crippen molar-refractivity contribution >= 4 is 38.9 Å². The summed E-state index contributed by atoms with van der Waals surface area (Å²) in [5.41, 5.74) is 26.4. The van der Waals surface area contributed by atoms with Crippen LogP contribution in [0.4, 0.5) is 17.1 Å². The van der Waals surface area contributed by atoms with E-state index in [9.17, 15) is 0 Å². The minimum Gasteiger partial charge on any atom is -0.310 e. The second-order valence-corrected chi connectivity index (χ2v) is 20.6. The van der Waals surface area contributed by atoms with Crippen molar-refractivity contribution in [2.24, 2.45) is 0 Å². The van der Waals surface area contributed by atoms with Crippen LogP contribution in [0.15, 0.2) is 291 Å². The summed E-state index contributed by atoms with van der Waals surface area (Å²) < 4.78 is 2.40. The van der Waals surface area contributed by atoms with Crippen LogP contribution >= 0.6 is 0 Å². The molecule has 12 aromatic carbocycles. The zero-order valence-corrected chi connectivity index (χ0v) is 41.6. The smallest absolute Gasteiger partial charge is 0.0726 e. The predicted molar refractivity (Wildman–Crippen MR) is 315 cm³/mol. The van der Waals surface area contributed by atoms with Gasteiger partial charge in [0.1, 0.15) is 0 Å². The van der Waals surface area contributed by atoms with Gasteiger partial charge in [0.05, 0.1) is 27.6 Å². The van der Waals surface area contributed by atoms with Crippen LogP contribution in [0, 0.1) is 0 Å². The fraction of sp³-hybridized carbons (Fsp3) is 0.0270. The summed E-state index contributed by atoms with van der Waals surface area (Å²) in [5, 5.41) is 2.52. The SMILES string of the molecule is c1ccc(C2(c3ccc(N(c4ccc(-c5cccc(-n6c7ccccc7c7ccccc76)c5)cc4)c4cccc5c4-c4ccccc4C54c5ccccc5-c5ccccc54)cc3)c3ccccc3-c3ccccc32)cc1. The maximum Gasteiger partial charge on any atom is 0.0726 e. The summed E-state index contributed by atoms with van der Waals surface area (Å²) in [5.74, 6) is 0. The molecule has 2 heteroatoms. The summed E-state index contributed by atoms with van der Waals surface area (Å²) in [7, 11) is 0. The van der Waals surface area contributed by atoms with E-state index in [1.165, 1.54) is 105 Å². The Kier molecular flexibility index (Phi) is 9.20. The first-order chi connectivity index (χ1) is 37.7. The van der Waals surface area contributed by atoms with Gasteiger partial charge in [-0.05, 0) is 138 Å². The Morgan fingerprint density at radius 2 is 0.697 bits per heavy atom. The molecule has 0 amide bonds. The standard InChI is InChI=1S/C74H48N2/c1-2-21-51(22-3-1)73(63-31-11-4-24-56(63)57-25-5-12-32-64(57)73)52-42-46-54(47-43-52)75(53-44-40-49(41-45-53)50-20-18-23-55(48-50)76-69-37-16-9-28-60(69)61-29-10-17-38-70(61)76)71-39-19-36-68-72(71)62-30-8-15-35-67(62)74(68)65-33-13-6-26-58(65)59-27-7-14-34-66(59)74/h1-48H. The molecular weight excluding hydrogens is 917 g/mol. The van der Waals surface area contributed by atoms with Crippen molar-refractivity contribution in [3.8, 4) is 50.2 Å². The van der Waals surface area contributed by atoms with E-state index < -0.39 is 10.8 Å². The Bertz CT molecular complexity index is 4320. The second kappa shape index (κ2) is 16.4. The summed E-state index contributed by atoms with van der Waals surface area (Å²) in [6.45, 7) is 0. The van der Waals surface area contributed by atoms with E-state index in [0.717, 1.165) is 28.3 Å². The van der Waals surface area contributed by atoms with E-state index in [-0.39, 0.29) is 0 Å². The van der Waals surface area contributed by atoms with Crippen LogP contribution in [-0.4, -0.2) is 4.57 Å². The Hall–Kier alpha value is -9.76. The van der Waals surface area contributed by atoms with E-state index in [4.69, 9.17) is 0 Å². The molecule has 0 saturated heterocycles. The number of rotatable bonds is 7. The molecule has 0 aliphatic heterocycles. The van der Waals surface area contributed by atoms with Gasteiger partial charge in [-0.1, -0.05) is 237 Å². The lowest BCUT2D eigenvalue weighted by atomic mass is 9.68. The molecule has 1 spiro atoms. The minimum absolute atomic E-state index is 0.471. The van der Waals surface area contributed by atoms with Crippen LogP contribution in [0.25, 0.3) is 72.0 Å². The molecule has 16 rings (SSSR count). The van der Waals surface area contributed by atoms with E-state index >= 15 is 0 Å². The van der Waals surface area contributed by atoms with E-state index in [2.05, 4.69) is 301 Å². The van der Waals surface area contributed by atoms with Crippen molar-refractivity contribution in [1.29, 1.82) is 0 Å². The number of nitrogens with zero attached hydrogens (tertiary/aromatic N) is 2. The van der Waals surface area contributed by atoms with Gasteiger partial charge >= 0.3 is 0 Å². The first-order valence-electron chi connectivity index (χ1n) is 26.5. The van der Waals surface area contributed by atoms with Gasteiger partial charge in [0.2, 0.25) is 0 Å². The first kappa shape index (κ1) is 42.7. The summed E-state index contributed by atoms with van der Waals surface area (Å²) in [6.07, 6.45) is 0. The van der Waals surface area contributed by atoms with Crippen molar-refractivity contribution in [2.75, 3.05) is 4.90 Å². The molecule has 0 bridgehead atoms. The summed E-state index contributed by atoms with van der Waals surface area (Å²) in [6, 6.07) is 109. The molecule has 0 N–H and O–H groups in total. The monoisotopic (exact) mass is 964 g/mol. The van der Waals surface area contributed by atoms with Crippen molar-refractivity contribution in [1.82, 2.24) is 4.57 Å². The molecule has 0 unspecified atom stereocenters. The highest BCUT2D eigenvalue weighted by molar-refractivity contribution is 6.09. The Morgan fingerprint density at radius 1 is 0.276 bits per heavy atom. The van der Waals surface area contributed by atoms with Gasteiger partial charge < -0.3 is 9.47 Å². The molecule has 0 radical (unpaired) electrons. The molecule has 354 valence electrons. The number of hydrogen-bond acceptors (Lipinski definition) is 1.